The van der Waals surface area contributed by atoms with Crippen LogP contribution in [-0.2, 0) is 11.3 Å². The number of halogens is 1. The fraction of sp³-hybridized carbons (Fsp3) is 0.200. The van der Waals surface area contributed by atoms with Gasteiger partial charge in [-0.15, -0.1) is 0 Å². The fourth-order valence-electron chi connectivity index (χ4n) is 1.72. The van der Waals surface area contributed by atoms with Crippen molar-refractivity contribution in [1.82, 2.24) is 0 Å². The van der Waals surface area contributed by atoms with Gasteiger partial charge in [-0.3, -0.25) is 5.32 Å². The lowest BCUT2D eigenvalue weighted by atomic mass is 10.3. The molecule has 20 heavy (non-hydrogen) atoms. The van der Waals surface area contributed by atoms with Gasteiger partial charge < -0.3 is 21.7 Å². The largest absolute Gasteiger partial charge is 1.00 e. The molecule has 1 amide bonds. The first kappa shape index (κ1) is 16.2. The zero-order valence-corrected chi connectivity index (χ0v) is 12.8. The predicted molar refractivity (Wildman–Crippen MR) is 72.8 cm³/mol. The molecule has 1 heterocycles. The number of para-hydroxylation sites is 1. The average molecular weight is 337 g/mol. The SMILES string of the molecule is Cc1cccc[n+]1CCOC(=O)Nc1ccccc1.[Br-]. The quantitative estimate of drug-likeness (QED) is 0.767. The van der Waals surface area contributed by atoms with Crippen molar-refractivity contribution in [3.8, 4) is 0 Å². The van der Waals surface area contributed by atoms with E-state index >= 15 is 0 Å². The van der Waals surface area contributed by atoms with Crippen LogP contribution in [0, 0.1) is 6.92 Å². The number of pyridine rings is 1. The molecule has 5 heteroatoms. The number of anilines is 1. The first-order chi connectivity index (χ1) is 9.25. The van der Waals surface area contributed by atoms with Crippen LogP contribution in [0.15, 0.2) is 54.7 Å². The van der Waals surface area contributed by atoms with Gasteiger partial charge in [-0.25, -0.2) is 4.79 Å². The van der Waals surface area contributed by atoms with Crippen LogP contribution in [0.5, 0.6) is 0 Å². The Labute approximate surface area is 129 Å². The molecule has 0 bridgehead atoms. The van der Waals surface area contributed by atoms with Crippen LogP contribution in [-0.4, -0.2) is 12.7 Å². The van der Waals surface area contributed by atoms with Gasteiger partial charge in [-0.1, -0.05) is 24.3 Å². The fourth-order valence-corrected chi connectivity index (χ4v) is 1.72. The number of carbonyl (C=O) groups is 1. The van der Waals surface area contributed by atoms with Gasteiger partial charge in [-0.2, -0.15) is 4.57 Å². The molecule has 106 valence electrons. The Morgan fingerprint density at radius 3 is 2.55 bits per heavy atom. The number of aryl methyl sites for hydroxylation is 1. The van der Waals surface area contributed by atoms with Crippen LogP contribution < -0.4 is 26.9 Å². The summed E-state index contributed by atoms with van der Waals surface area (Å²) in [6.07, 6.45) is 1.54. The highest BCUT2D eigenvalue weighted by Gasteiger charge is 2.07. The third kappa shape index (κ3) is 5.01. The summed E-state index contributed by atoms with van der Waals surface area (Å²) in [5.74, 6) is 0. The van der Waals surface area contributed by atoms with Crippen molar-refractivity contribution in [2.45, 2.75) is 13.5 Å². The van der Waals surface area contributed by atoms with Gasteiger partial charge in [0.15, 0.2) is 25.0 Å². The Morgan fingerprint density at radius 2 is 1.85 bits per heavy atom. The molecule has 0 atom stereocenters. The van der Waals surface area contributed by atoms with E-state index in [1.54, 1.807) is 0 Å². The van der Waals surface area contributed by atoms with E-state index in [0.717, 1.165) is 11.4 Å². The minimum Gasteiger partial charge on any atom is -1.00 e. The molecule has 2 rings (SSSR count). The number of carbonyl (C=O) groups excluding carboxylic acids is 1. The highest BCUT2D eigenvalue weighted by molar-refractivity contribution is 5.84. The number of hydrogen-bond acceptors (Lipinski definition) is 2. The molecule has 1 N–H and O–H groups in total. The van der Waals surface area contributed by atoms with Gasteiger partial charge in [0, 0.05) is 24.7 Å². The van der Waals surface area contributed by atoms with Crippen LogP contribution in [0.1, 0.15) is 5.69 Å². The Bertz CT molecular complexity index is 547. The van der Waals surface area contributed by atoms with Crippen LogP contribution >= 0.6 is 0 Å². The third-order valence-electron chi connectivity index (χ3n) is 2.75. The van der Waals surface area contributed by atoms with Gasteiger partial charge in [0.05, 0.1) is 0 Å². The standard InChI is InChI=1S/C15H16N2O2.BrH/c1-13-7-5-6-10-17(13)11-12-19-15(18)16-14-8-3-2-4-9-14;/h2-10H,11-12H2,1H3;1H. The lowest BCUT2D eigenvalue weighted by Gasteiger charge is -2.05. The van der Waals surface area contributed by atoms with Crippen LogP contribution in [0.2, 0.25) is 0 Å². The monoisotopic (exact) mass is 336 g/mol. The van der Waals surface area contributed by atoms with E-state index in [2.05, 4.69) is 5.32 Å². The second kappa shape index (κ2) is 8.32. The maximum absolute atomic E-state index is 11.5. The maximum atomic E-state index is 11.5. The predicted octanol–water partition coefficient (Wildman–Crippen LogP) is -0.465. The van der Waals surface area contributed by atoms with Crippen molar-refractivity contribution in [2.75, 3.05) is 11.9 Å². The van der Waals surface area contributed by atoms with Crippen LogP contribution in [0.25, 0.3) is 0 Å². The molecule has 0 saturated carbocycles. The number of nitrogens with one attached hydrogen (secondary N) is 1. The number of hydrogen-bond donors (Lipinski definition) is 1. The van der Waals surface area contributed by atoms with Gasteiger partial charge in [0.1, 0.15) is 0 Å². The molecule has 0 spiro atoms. The highest BCUT2D eigenvalue weighted by atomic mass is 79.9. The number of benzene rings is 1. The Hall–Kier alpha value is -1.88. The average Bonchev–Trinajstić information content (AvgIpc) is 2.42. The lowest BCUT2D eigenvalue weighted by Crippen LogP contribution is -3.00. The van der Waals surface area contributed by atoms with Gasteiger partial charge in [0.25, 0.3) is 0 Å². The summed E-state index contributed by atoms with van der Waals surface area (Å²) in [6.45, 7) is 3.01. The molecule has 0 radical (unpaired) electrons. The van der Waals surface area contributed by atoms with E-state index in [-0.39, 0.29) is 17.0 Å². The summed E-state index contributed by atoms with van der Waals surface area (Å²) in [6, 6.07) is 15.2. The molecule has 0 aliphatic rings. The molecule has 0 aliphatic heterocycles. The maximum Gasteiger partial charge on any atom is 0.411 e. The lowest BCUT2D eigenvalue weighted by molar-refractivity contribution is -0.703. The minimum absolute atomic E-state index is 0. The molecular formula is C15H17BrN2O2. The van der Waals surface area contributed by atoms with E-state index < -0.39 is 6.09 Å². The Balaban J connectivity index is 0.00000200. The van der Waals surface area contributed by atoms with Crippen molar-refractivity contribution in [3.63, 3.8) is 0 Å². The highest BCUT2D eigenvalue weighted by Crippen LogP contribution is 2.04. The normalized spacial score (nSPS) is 9.45. The van der Waals surface area contributed by atoms with Crippen molar-refractivity contribution in [2.24, 2.45) is 0 Å². The smallest absolute Gasteiger partial charge is 0.411 e. The van der Waals surface area contributed by atoms with Gasteiger partial charge in [-0.05, 0) is 12.1 Å². The van der Waals surface area contributed by atoms with E-state index in [0.29, 0.717) is 13.2 Å². The summed E-state index contributed by atoms with van der Waals surface area (Å²) in [4.78, 5) is 11.5. The second-order valence-corrected chi connectivity index (χ2v) is 4.16. The summed E-state index contributed by atoms with van der Waals surface area (Å²) in [5.41, 5.74) is 1.87. The third-order valence-corrected chi connectivity index (χ3v) is 2.75. The van der Waals surface area contributed by atoms with Crippen molar-refractivity contribution in [3.05, 3.63) is 60.4 Å². The van der Waals surface area contributed by atoms with Crippen molar-refractivity contribution < 1.29 is 31.1 Å². The number of ether oxygens (including phenoxy) is 1. The van der Waals surface area contributed by atoms with Gasteiger partial charge >= 0.3 is 6.09 Å². The summed E-state index contributed by atoms with van der Waals surface area (Å²) >= 11 is 0. The van der Waals surface area contributed by atoms with E-state index in [1.165, 1.54) is 0 Å². The van der Waals surface area contributed by atoms with Crippen LogP contribution in [0.4, 0.5) is 10.5 Å². The molecule has 1 aromatic heterocycles. The molecule has 4 nitrogen and oxygen atoms in total. The molecule has 0 unspecified atom stereocenters. The second-order valence-electron chi connectivity index (χ2n) is 4.16. The number of rotatable bonds is 4. The minimum atomic E-state index is -0.430. The Kier molecular flexibility index (Phi) is 6.73. The zero-order valence-electron chi connectivity index (χ0n) is 11.3. The first-order valence-electron chi connectivity index (χ1n) is 6.19. The molecule has 0 fully saturated rings. The molecular weight excluding hydrogens is 320 g/mol. The molecule has 1 aromatic carbocycles. The van der Waals surface area contributed by atoms with E-state index in [9.17, 15) is 4.79 Å². The summed E-state index contributed by atoms with van der Waals surface area (Å²) in [7, 11) is 0. The zero-order chi connectivity index (χ0) is 13.5. The van der Waals surface area contributed by atoms with Gasteiger partial charge in [0.2, 0.25) is 0 Å². The Morgan fingerprint density at radius 1 is 1.15 bits per heavy atom. The topological polar surface area (TPSA) is 42.2 Å². The van der Waals surface area contributed by atoms with Crippen molar-refractivity contribution in [1.29, 1.82) is 0 Å². The number of aromatic nitrogens is 1. The van der Waals surface area contributed by atoms with E-state index in [4.69, 9.17) is 4.74 Å². The van der Waals surface area contributed by atoms with Crippen molar-refractivity contribution >= 4 is 11.8 Å². The molecule has 0 aliphatic carbocycles. The number of amides is 1. The first-order valence-corrected chi connectivity index (χ1v) is 6.19. The van der Waals surface area contributed by atoms with Crippen LogP contribution in [0.3, 0.4) is 0 Å². The van der Waals surface area contributed by atoms with E-state index in [1.807, 2.05) is 66.2 Å². The number of nitrogens with zero attached hydrogens (tertiary/aromatic N) is 1. The summed E-state index contributed by atoms with van der Waals surface area (Å²) in [5, 5.41) is 2.67. The molecule has 2 aromatic rings. The summed E-state index contributed by atoms with van der Waals surface area (Å²) < 4.78 is 7.17. The molecule has 0 saturated heterocycles.